The van der Waals surface area contributed by atoms with Gasteiger partial charge in [0.1, 0.15) is 6.61 Å². The van der Waals surface area contributed by atoms with E-state index in [1.807, 2.05) is 45.0 Å². The second-order valence-electron chi connectivity index (χ2n) is 5.53. The SMILES string of the molecule is CC(C)(C)NC(=O)OC/C=C/CNc1c(N)cccc1Br. The van der Waals surface area contributed by atoms with E-state index in [0.29, 0.717) is 12.2 Å². The zero-order valence-corrected chi connectivity index (χ0v) is 14.2. The Morgan fingerprint density at radius 2 is 2.10 bits per heavy atom. The van der Waals surface area contributed by atoms with Crippen LogP contribution in [0.4, 0.5) is 16.2 Å². The number of nitrogen functional groups attached to an aromatic ring is 1. The van der Waals surface area contributed by atoms with Crippen LogP contribution < -0.4 is 16.4 Å². The molecule has 0 saturated carbocycles. The molecule has 0 aliphatic carbocycles. The summed E-state index contributed by atoms with van der Waals surface area (Å²) in [4.78, 5) is 11.4. The van der Waals surface area contributed by atoms with Gasteiger partial charge in [-0.25, -0.2) is 4.79 Å². The molecule has 0 fully saturated rings. The van der Waals surface area contributed by atoms with Gasteiger partial charge in [0.2, 0.25) is 0 Å². The van der Waals surface area contributed by atoms with E-state index < -0.39 is 6.09 Å². The largest absolute Gasteiger partial charge is 0.445 e. The third kappa shape index (κ3) is 7.04. The van der Waals surface area contributed by atoms with Crippen LogP contribution in [0.3, 0.4) is 0 Å². The molecule has 116 valence electrons. The first-order valence-corrected chi connectivity index (χ1v) is 7.46. The molecule has 5 nitrogen and oxygen atoms in total. The van der Waals surface area contributed by atoms with Crippen molar-refractivity contribution in [3.63, 3.8) is 0 Å². The molecule has 0 aliphatic heterocycles. The Bertz CT molecular complexity index is 490. The number of nitrogens with two attached hydrogens (primary N) is 1. The van der Waals surface area contributed by atoms with Crippen molar-refractivity contribution in [1.82, 2.24) is 5.32 Å². The quantitative estimate of drug-likeness (QED) is 0.557. The van der Waals surface area contributed by atoms with Crippen LogP contribution in [-0.2, 0) is 4.74 Å². The number of hydrogen-bond acceptors (Lipinski definition) is 4. The fourth-order valence-corrected chi connectivity index (χ4v) is 2.03. The number of amides is 1. The second-order valence-corrected chi connectivity index (χ2v) is 6.38. The van der Waals surface area contributed by atoms with E-state index in [1.54, 1.807) is 6.08 Å². The van der Waals surface area contributed by atoms with Crippen molar-refractivity contribution in [1.29, 1.82) is 0 Å². The molecule has 0 aromatic heterocycles. The summed E-state index contributed by atoms with van der Waals surface area (Å²) < 4.78 is 5.93. The molecule has 0 bridgehead atoms. The molecule has 0 unspecified atom stereocenters. The van der Waals surface area contributed by atoms with Crippen LogP contribution in [0.15, 0.2) is 34.8 Å². The molecular weight excluding hydrogens is 334 g/mol. The number of anilines is 2. The molecule has 6 heteroatoms. The number of alkyl carbamates (subject to hydrolysis) is 1. The average Bonchev–Trinajstić information content (AvgIpc) is 2.34. The van der Waals surface area contributed by atoms with Gasteiger partial charge in [0, 0.05) is 16.6 Å². The maximum Gasteiger partial charge on any atom is 0.407 e. The zero-order chi connectivity index (χ0) is 15.9. The van der Waals surface area contributed by atoms with Gasteiger partial charge >= 0.3 is 6.09 Å². The summed E-state index contributed by atoms with van der Waals surface area (Å²) in [5.41, 5.74) is 7.11. The molecule has 1 amide bonds. The smallest absolute Gasteiger partial charge is 0.407 e. The Morgan fingerprint density at radius 1 is 1.38 bits per heavy atom. The van der Waals surface area contributed by atoms with Crippen molar-refractivity contribution >= 4 is 33.4 Å². The highest BCUT2D eigenvalue weighted by Gasteiger charge is 2.13. The monoisotopic (exact) mass is 355 g/mol. The summed E-state index contributed by atoms with van der Waals surface area (Å²) in [5, 5.41) is 5.91. The standard InChI is InChI=1S/C15H22BrN3O2/c1-15(2,3)19-14(20)21-10-5-4-9-18-13-11(16)7-6-8-12(13)17/h4-8,18H,9-10,17H2,1-3H3,(H,19,20)/b5-4+. The van der Waals surface area contributed by atoms with Crippen molar-refractivity contribution in [3.8, 4) is 0 Å². The van der Waals surface area contributed by atoms with Gasteiger partial charge in [0.15, 0.2) is 0 Å². The summed E-state index contributed by atoms with van der Waals surface area (Å²) in [5.74, 6) is 0. The summed E-state index contributed by atoms with van der Waals surface area (Å²) in [6.45, 7) is 6.52. The average molecular weight is 356 g/mol. The van der Waals surface area contributed by atoms with Gasteiger partial charge in [-0.1, -0.05) is 12.1 Å². The van der Waals surface area contributed by atoms with Crippen LogP contribution in [0, 0.1) is 0 Å². The lowest BCUT2D eigenvalue weighted by Gasteiger charge is -2.19. The fourth-order valence-electron chi connectivity index (χ4n) is 1.51. The predicted molar refractivity (Wildman–Crippen MR) is 90.4 cm³/mol. The molecule has 0 aliphatic rings. The lowest BCUT2D eigenvalue weighted by molar-refractivity contribution is 0.149. The second kappa shape index (κ2) is 7.93. The van der Waals surface area contributed by atoms with E-state index in [-0.39, 0.29) is 12.1 Å². The Morgan fingerprint density at radius 3 is 2.71 bits per heavy atom. The van der Waals surface area contributed by atoms with Gasteiger partial charge in [-0.15, -0.1) is 0 Å². The molecule has 1 rings (SSSR count). The van der Waals surface area contributed by atoms with Crippen molar-refractivity contribution < 1.29 is 9.53 Å². The minimum absolute atomic E-state index is 0.231. The summed E-state index contributed by atoms with van der Waals surface area (Å²) in [6, 6.07) is 5.63. The maximum atomic E-state index is 11.4. The van der Waals surface area contributed by atoms with Crippen LogP contribution >= 0.6 is 15.9 Å². The molecule has 0 heterocycles. The molecule has 0 spiro atoms. The highest BCUT2D eigenvalue weighted by molar-refractivity contribution is 9.10. The number of ether oxygens (including phenoxy) is 1. The third-order valence-corrected chi connectivity index (χ3v) is 3.06. The number of nitrogens with one attached hydrogen (secondary N) is 2. The molecule has 1 aromatic rings. The highest BCUT2D eigenvalue weighted by Crippen LogP contribution is 2.27. The minimum atomic E-state index is -0.421. The first-order chi connectivity index (χ1) is 9.79. The van der Waals surface area contributed by atoms with Gasteiger partial charge in [0.05, 0.1) is 11.4 Å². The van der Waals surface area contributed by atoms with Gasteiger partial charge < -0.3 is 21.1 Å². The zero-order valence-electron chi connectivity index (χ0n) is 12.6. The minimum Gasteiger partial charge on any atom is -0.445 e. The van der Waals surface area contributed by atoms with E-state index in [1.165, 1.54) is 0 Å². The van der Waals surface area contributed by atoms with Crippen LogP contribution in [-0.4, -0.2) is 24.8 Å². The lowest BCUT2D eigenvalue weighted by Crippen LogP contribution is -2.40. The number of hydrogen-bond donors (Lipinski definition) is 3. The maximum absolute atomic E-state index is 11.4. The topological polar surface area (TPSA) is 76.4 Å². The molecule has 0 atom stereocenters. The van der Waals surface area contributed by atoms with E-state index in [2.05, 4.69) is 26.6 Å². The van der Waals surface area contributed by atoms with Crippen LogP contribution in [0.2, 0.25) is 0 Å². The van der Waals surface area contributed by atoms with E-state index in [4.69, 9.17) is 10.5 Å². The number of benzene rings is 1. The van der Waals surface area contributed by atoms with Gasteiger partial charge in [-0.3, -0.25) is 0 Å². The number of carbonyl (C=O) groups is 1. The third-order valence-electron chi connectivity index (χ3n) is 2.40. The molecule has 4 N–H and O–H groups in total. The van der Waals surface area contributed by atoms with Crippen molar-refractivity contribution in [3.05, 3.63) is 34.8 Å². The Hall–Kier alpha value is -1.69. The van der Waals surface area contributed by atoms with Gasteiger partial charge in [0.25, 0.3) is 0 Å². The van der Waals surface area contributed by atoms with Crippen molar-refractivity contribution in [2.75, 3.05) is 24.2 Å². The molecular formula is C15H22BrN3O2. The Kier molecular flexibility index (Phi) is 6.55. The highest BCUT2D eigenvalue weighted by atomic mass is 79.9. The van der Waals surface area contributed by atoms with Gasteiger partial charge in [-0.05, 0) is 54.9 Å². The first-order valence-electron chi connectivity index (χ1n) is 6.67. The van der Waals surface area contributed by atoms with Crippen molar-refractivity contribution in [2.24, 2.45) is 0 Å². The summed E-state index contributed by atoms with van der Waals surface area (Å²) in [7, 11) is 0. The van der Waals surface area contributed by atoms with E-state index in [0.717, 1.165) is 10.2 Å². The Balaban J connectivity index is 2.29. The van der Waals surface area contributed by atoms with Crippen LogP contribution in [0.1, 0.15) is 20.8 Å². The Labute approximate surface area is 134 Å². The molecule has 21 heavy (non-hydrogen) atoms. The number of para-hydroxylation sites is 1. The first kappa shape index (κ1) is 17.4. The fraction of sp³-hybridized carbons (Fsp3) is 0.400. The predicted octanol–water partition coefficient (Wildman–Crippen LogP) is 3.52. The summed E-state index contributed by atoms with van der Waals surface area (Å²) in [6.07, 6.45) is 3.24. The van der Waals surface area contributed by atoms with E-state index in [9.17, 15) is 4.79 Å². The number of rotatable bonds is 5. The lowest BCUT2D eigenvalue weighted by atomic mass is 10.1. The molecule has 1 aromatic carbocycles. The van der Waals surface area contributed by atoms with Crippen LogP contribution in [0.5, 0.6) is 0 Å². The van der Waals surface area contributed by atoms with Crippen molar-refractivity contribution in [2.45, 2.75) is 26.3 Å². The van der Waals surface area contributed by atoms with E-state index >= 15 is 0 Å². The summed E-state index contributed by atoms with van der Waals surface area (Å²) >= 11 is 3.43. The van der Waals surface area contributed by atoms with Crippen LogP contribution in [0.25, 0.3) is 0 Å². The van der Waals surface area contributed by atoms with Gasteiger partial charge in [-0.2, -0.15) is 0 Å². The number of carbonyl (C=O) groups excluding carboxylic acids is 1. The normalized spacial score (nSPS) is 11.4. The number of halogens is 1. The molecule has 0 radical (unpaired) electrons. The molecule has 0 saturated heterocycles.